The van der Waals surface area contributed by atoms with Crippen LogP contribution in [0.3, 0.4) is 0 Å². The van der Waals surface area contributed by atoms with Crippen molar-refractivity contribution in [3.05, 3.63) is 75.8 Å². The van der Waals surface area contributed by atoms with Gasteiger partial charge in [-0.1, -0.05) is 69.0 Å². The summed E-state index contributed by atoms with van der Waals surface area (Å²) in [5.41, 5.74) is 3.28. The van der Waals surface area contributed by atoms with Crippen LogP contribution in [-0.2, 0) is 10.2 Å². The zero-order valence-corrected chi connectivity index (χ0v) is 19.4. The highest BCUT2D eigenvalue weighted by molar-refractivity contribution is 9.10. The quantitative estimate of drug-likeness (QED) is 0.374. The molecular formula is C27H27BrO2. The van der Waals surface area contributed by atoms with Gasteiger partial charge in [-0.15, -0.1) is 0 Å². The van der Waals surface area contributed by atoms with Crippen molar-refractivity contribution in [1.82, 2.24) is 0 Å². The Kier molecular flexibility index (Phi) is 6.18. The number of hydrogen-bond donors (Lipinski definition) is 0. The molecular weight excluding hydrogens is 436 g/mol. The molecule has 1 fully saturated rings. The molecule has 2 nitrogen and oxygen atoms in total. The summed E-state index contributed by atoms with van der Waals surface area (Å²) in [6.07, 6.45) is 2.94. The van der Waals surface area contributed by atoms with E-state index < -0.39 is 0 Å². The van der Waals surface area contributed by atoms with E-state index in [1.807, 2.05) is 30.3 Å². The van der Waals surface area contributed by atoms with Gasteiger partial charge in [-0.05, 0) is 63.3 Å². The molecule has 3 aromatic rings. The second kappa shape index (κ2) is 8.84. The maximum Gasteiger partial charge on any atom is 0.199 e. The molecule has 0 saturated carbocycles. The molecule has 1 saturated heterocycles. The number of benzene rings is 3. The molecule has 0 bridgehead atoms. The second-order valence-electron chi connectivity index (χ2n) is 8.77. The van der Waals surface area contributed by atoms with Gasteiger partial charge in [0.2, 0.25) is 0 Å². The lowest BCUT2D eigenvalue weighted by Crippen LogP contribution is -2.25. The number of halogens is 1. The third-order valence-corrected chi connectivity index (χ3v) is 6.13. The Labute approximate surface area is 187 Å². The maximum atomic E-state index is 6.27. The van der Waals surface area contributed by atoms with Crippen LogP contribution in [0.25, 0.3) is 10.8 Å². The first kappa shape index (κ1) is 21.0. The molecule has 4 rings (SSSR count). The van der Waals surface area contributed by atoms with Crippen molar-refractivity contribution in [2.24, 2.45) is 0 Å². The van der Waals surface area contributed by atoms with Gasteiger partial charge < -0.3 is 9.47 Å². The van der Waals surface area contributed by atoms with E-state index >= 15 is 0 Å². The fourth-order valence-corrected chi connectivity index (χ4v) is 4.03. The van der Waals surface area contributed by atoms with E-state index in [1.54, 1.807) is 0 Å². The van der Waals surface area contributed by atoms with Crippen LogP contribution < -0.4 is 4.74 Å². The normalized spacial score (nSPS) is 16.7. The highest BCUT2D eigenvalue weighted by atomic mass is 79.9. The van der Waals surface area contributed by atoms with Crippen molar-refractivity contribution in [2.75, 3.05) is 6.61 Å². The molecule has 1 heterocycles. The fourth-order valence-electron chi connectivity index (χ4n) is 3.64. The van der Waals surface area contributed by atoms with Gasteiger partial charge in [-0.25, -0.2) is 0 Å². The first-order valence-corrected chi connectivity index (χ1v) is 11.3. The molecule has 0 aromatic heterocycles. The predicted octanol–water partition coefficient (Wildman–Crippen LogP) is 7.21. The van der Waals surface area contributed by atoms with Crippen LogP contribution in [0.15, 0.2) is 59.1 Å². The Balaban J connectivity index is 1.81. The number of ether oxygens (including phenoxy) is 2. The average molecular weight is 463 g/mol. The number of rotatable bonds is 2. The lowest BCUT2D eigenvalue weighted by molar-refractivity contribution is -0.105. The van der Waals surface area contributed by atoms with Gasteiger partial charge >= 0.3 is 0 Å². The van der Waals surface area contributed by atoms with Crippen molar-refractivity contribution >= 4 is 26.7 Å². The summed E-state index contributed by atoms with van der Waals surface area (Å²) in [7, 11) is 0. The summed E-state index contributed by atoms with van der Waals surface area (Å²) >= 11 is 3.60. The topological polar surface area (TPSA) is 18.5 Å². The van der Waals surface area contributed by atoms with Crippen LogP contribution in [0.4, 0.5) is 0 Å². The molecule has 1 unspecified atom stereocenters. The Morgan fingerprint density at radius 2 is 1.83 bits per heavy atom. The van der Waals surface area contributed by atoms with Crippen LogP contribution in [0.5, 0.6) is 5.75 Å². The maximum absolute atomic E-state index is 6.27. The molecule has 0 spiro atoms. The monoisotopic (exact) mass is 462 g/mol. The van der Waals surface area contributed by atoms with Gasteiger partial charge in [0.15, 0.2) is 6.29 Å². The smallest absolute Gasteiger partial charge is 0.199 e. The molecule has 30 heavy (non-hydrogen) atoms. The minimum absolute atomic E-state index is 0.0973. The molecule has 0 N–H and O–H groups in total. The molecule has 1 atom stereocenters. The van der Waals surface area contributed by atoms with Crippen molar-refractivity contribution in [3.8, 4) is 17.6 Å². The van der Waals surface area contributed by atoms with E-state index in [-0.39, 0.29) is 11.7 Å². The molecule has 0 radical (unpaired) electrons. The standard InChI is InChI=1S/C27H27BrO2/c1-27(2,3)21-13-15-22-20(18-21)12-16-25(30-26-10-6-7-17-29-26)23(22)14-11-19-8-4-5-9-24(19)28/h4-5,8-9,12-13,15-16,18,26H,6-7,10,17H2,1-3H3. The third-order valence-electron chi connectivity index (χ3n) is 5.44. The van der Waals surface area contributed by atoms with Crippen LogP contribution in [0.2, 0.25) is 0 Å². The molecule has 3 aromatic carbocycles. The van der Waals surface area contributed by atoms with E-state index in [0.717, 1.165) is 52.6 Å². The highest BCUT2D eigenvalue weighted by Gasteiger charge is 2.19. The lowest BCUT2D eigenvalue weighted by Gasteiger charge is -2.24. The first-order valence-electron chi connectivity index (χ1n) is 10.5. The van der Waals surface area contributed by atoms with E-state index in [4.69, 9.17) is 9.47 Å². The highest BCUT2D eigenvalue weighted by Crippen LogP contribution is 2.33. The van der Waals surface area contributed by atoms with Crippen LogP contribution in [0.1, 0.15) is 56.7 Å². The average Bonchev–Trinajstić information content (AvgIpc) is 2.73. The molecule has 0 aliphatic carbocycles. The number of fused-ring (bicyclic) bond motifs is 1. The summed E-state index contributed by atoms with van der Waals surface area (Å²) < 4.78 is 13.1. The van der Waals surface area contributed by atoms with E-state index in [1.165, 1.54) is 10.9 Å². The Bertz CT molecular complexity index is 1110. The van der Waals surface area contributed by atoms with Crippen LogP contribution in [0, 0.1) is 11.8 Å². The van der Waals surface area contributed by atoms with Crippen molar-refractivity contribution < 1.29 is 9.47 Å². The Morgan fingerprint density at radius 3 is 2.57 bits per heavy atom. The largest absolute Gasteiger partial charge is 0.464 e. The van der Waals surface area contributed by atoms with Gasteiger partial charge in [0.1, 0.15) is 5.75 Å². The fraction of sp³-hybridized carbons (Fsp3) is 0.333. The van der Waals surface area contributed by atoms with E-state index in [0.29, 0.717) is 0 Å². The molecule has 3 heteroatoms. The molecule has 154 valence electrons. The van der Waals surface area contributed by atoms with Gasteiger partial charge in [0, 0.05) is 21.8 Å². The third kappa shape index (κ3) is 4.72. The zero-order chi connectivity index (χ0) is 21.1. The Hall–Kier alpha value is -2.28. The van der Waals surface area contributed by atoms with Crippen LogP contribution >= 0.6 is 15.9 Å². The lowest BCUT2D eigenvalue weighted by atomic mass is 9.85. The predicted molar refractivity (Wildman–Crippen MR) is 127 cm³/mol. The summed E-state index contributed by atoms with van der Waals surface area (Å²) in [6.45, 7) is 7.46. The summed E-state index contributed by atoms with van der Waals surface area (Å²) in [5, 5.41) is 2.28. The SMILES string of the molecule is CC(C)(C)c1ccc2c(C#Cc3ccccc3Br)c(OC3CCCCO3)ccc2c1. The summed E-state index contributed by atoms with van der Waals surface area (Å²) in [4.78, 5) is 0. The van der Waals surface area contributed by atoms with Crippen molar-refractivity contribution in [3.63, 3.8) is 0 Å². The Morgan fingerprint density at radius 1 is 1.00 bits per heavy atom. The minimum atomic E-state index is -0.200. The molecule has 1 aliphatic rings. The molecule has 0 amide bonds. The van der Waals surface area contributed by atoms with Crippen molar-refractivity contribution in [1.29, 1.82) is 0 Å². The van der Waals surface area contributed by atoms with Crippen LogP contribution in [-0.4, -0.2) is 12.9 Å². The van der Waals surface area contributed by atoms with Crippen molar-refractivity contribution in [2.45, 2.75) is 51.7 Å². The van der Waals surface area contributed by atoms with Gasteiger partial charge in [-0.2, -0.15) is 0 Å². The summed E-state index contributed by atoms with van der Waals surface area (Å²) in [6, 6.07) is 18.8. The first-order chi connectivity index (χ1) is 14.4. The van der Waals surface area contributed by atoms with Gasteiger partial charge in [-0.3, -0.25) is 0 Å². The van der Waals surface area contributed by atoms with Gasteiger partial charge in [0.05, 0.1) is 12.2 Å². The summed E-state index contributed by atoms with van der Waals surface area (Å²) in [5.74, 6) is 7.52. The second-order valence-corrected chi connectivity index (χ2v) is 9.62. The van der Waals surface area contributed by atoms with E-state index in [2.05, 4.69) is 72.8 Å². The minimum Gasteiger partial charge on any atom is -0.464 e. The number of hydrogen-bond acceptors (Lipinski definition) is 2. The zero-order valence-electron chi connectivity index (χ0n) is 17.8. The molecule has 1 aliphatic heterocycles. The van der Waals surface area contributed by atoms with E-state index in [9.17, 15) is 0 Å². The van der Waals surface area contributed by atoms with Gasteiger partial charge in [0.25, 0.3) is 0 Å².